The zero-order chi connectivity index (χ0) is 23.0. The Labute approximate surface area is 183 Å². The van der Waals surface area contributed by atoms with E-state index in [-0.39, 0.29) is 6.54 Å². The largest absolute Gasteiger partial charge is 0.494 e. The van der Waals surface area contributed by atoms with Crippen molar-refractivity contribution < 1.29 is 31.5 Å². The van der Waals surface area contributed by atoms with Crippen LogP contribution in [0.15, 0.2) is 18.2 Å². The van der Waals surface area contributed by atoms with E-state index in [1.165, 1.54) is 11.3 Å². The van der Waals surface area contributed by atoms with Crippen LogP contribution in [-0.4, -0.2) is 30.6 Å². The van der Waals surface area contributed by atoms with Gasteiger partial charge in [0, 0.05) is 13.1 Å². The van der Waals surface area contributed by atoms with Crippen molar-refractivity contribution in [2.75, 3.05) is 29.9 Å². The van der Waals surface area contributed by atoms with Crippen molar-refractivity contribution in [1.82, 2.24) is 4.98 Å². The lowest BCUT2D eigenvalue weighted by molar-refractivity contribution is -0.120. The van der Waals surface area contributed by atoms with E-state index in [1.54, 1.807) is 0 Å². The lowest BCUT2D eigenvalue weighted by atomic mass is 9.97. The van der Waals surface area contributed by atoms with Crippen LogP contribution < -0.4 is 15.0 Å². The quantitative estimate of drug-likeness (QED) is 0.314. The zero-order valence-corrected chi connectivity index (χ0v) is 17.7. The molecule has 4 rings (SSSR count). The Balaban J connectivity index is 1.52. The predicted molar refractivity (Wildman–Crippen MR) is 111 cm³/mol. The van der Waals surface area contributed by atoms with Crippen molar-refractivity contribution in [3.63, 3.8) is 0 Å². The van der Waals surface area contributed by atoms with Crippen LogP contribution >= 0.6 is 11.3 Å². The molecule has 2 heterocycles. The smallest absolute Gasteiger partial charge is 0.229 e. The van der Waals surface area contributed by atoms with Gasteiger partial charge in [-0.05, 0) is 38.0 Å². The van der Waals surface area contributed by atoms with Crippen LogP contribution in [0.3, 0.4) is 0 Å². The second kappa shape index (κ2) is 8.89. The molecule has 1 saturated heterocycles. The maximum atomic E-state index is 13.9. The lowest BCUT2D eigenvalue weighted by Crippen LogP contribution is -2.41. The number of halogens is 5. The van der Waals surface area contributed by atoms with Gasteiger partial charge < -0.3 is 15.0 Å². The highest BCUT2D eigenvalue weighted by atomic mass is 32.1. The molecule has 1 aromatic heterocycles. The molecule has 1 aliphatic rings. The fraction of sp³-hybridized carbons (Fsp3) is 0.333. The number of ether oxygens (including phenoxy) is 1. The molecule has 0 saturated carbocycles. The molecule has 2 aromatic carbocycles. The van der Waals surface area contributed by atoms with Gasteiger partial charge in [0.05, 0.1) is 22.7 Å². The Kier molecular flexibility index (Phi) is 6.18. The number of fused-ring (bicyclic) bond motifs is 1. The maximum absolute atomic E-state index is 13.9. The SMILES string of the molecule is CCOc1ccc2nc(N3CCCC(C(=O)Nc4c(F)c(F)c(F)c(F)c4F)C3)sc2c1. The predicted octanol–water partition coefficient (Wildman–Crippen LogP) is 5.25. The average molecular weight is 471 g/mol. The van der Waals surface area contributed by atoms with Crippen LogP contribution in [0.5, 0.6) is 5.75 Å². The molecule has 32 heavy (non-hydrogen) atoms. The molecule has 5 nitrogen and oxygen atoms in total. The van der Waals surface area contributed by atoms with Crippen LogP contribution in [0.25, 0.3) is 10.2 Å². The summed E-state index contributed by atoms with van der Waals surface area (Å²) in [6, 6.07) is 5.51. The molecule has 0 spiro atoms. The molecule has 0 radical (unpaired) electrons. The summed E-state index contributed by atoms with van der Waals surface area (Å²) in [6.07, 6.45) is 0.992. The fourth-order valence-electron chi connectivity index (χ4n) is 3.59. The Bertz CT molecular complexity index is 1160. The summed E-state index contributed by atoms with van der Waals surface area (Å²) in [5, 5.41) is 2.55. The van der Waals surface area contributed by atoms with Crippen molar-refractivity contribution in [1.29, 1.82) is 0 Å². The van der Waals surface area contributed by atoms with E-state index < -0.39 is 46.6 Å². The summed E-state index contributed by atoms with van der Waals surface area (Å²) in [4.78, 5) is 19.0. The third-order valence-electron chi connectivity index (χ3n) is 5.18. The van der Waals surface area contributed by atoms with Gasteiger partial charge in [0.1, 0.15) is 11.4 Å². The standard InChI is InChI=1S/C21H18F5N3O2S/c1-2-31-11-5-6-12-13(8-11)32-21(27-12)29-7-3-4-10(9-29)20(30)28-19-17(25)15(23)14(22)16(24)18(19)26/h5-6,8,10H,2-4,7,9H2,1H3,(H,28,30). The number of anilines is 2. The van der Waals surface area contributed by atoms with Gasteiger partial charge in [-0.25, -0.2) is 26.9 Å². The number of carbonyl (C=O) groups is 1. The highest BCUT2D eigenvalue weighted by Crippen LogP contribution is 2.34. The lowest BCUT2D eigenvalue weighted by Gasteiger charge is -2.31. The summed E-state index contributed by atoms with van der Waals surface area (Å²) >= 11 is 1.41. The Morgan fingerprint density at radius 1 is 1.16 bits per heavy atom. The summed E-state index contributed by atoms with van der Waals surface area (Å²) in [6.45, 7) is 3.22. The number of nitrogens with one attached hydrogen (secondary N) is 1. The first-order valence-electron chi connectivity index (χ1n) is 9.90. The van der Waals surface area contributed by atoms with E-state index in [2.05, 4.69) is 4.98 Å². The van der Waals surface area contributed by atoms with E-state index in [0.29, 0.717) is 36.9 Å². The second-order valence-corrected chi connectivity index (χ2v) is 8.29. The first-order chi connectivity index (χ1) is 15.3. The molecule has 170 valence electrons. The third-order valence-corrected chi connectivity index (χ3v) is 6.26. The van der Waals surface area contributed by atoms with E-state index >= 15 is 0 Å². The maximum Gasteiger partial charge on any atom is 0.229 e. The molecular weight excluding hydrogens is 453 g/mol. The minimum Gasteiger partial charge on any atom is -0.494 e. The highest BCUT2D eigenvalue weighted by molar-refractivity contribution is 7.22. The van der Waals surface area contributed by atoms with Gasteiger partial charge >= 0.3 is 0 Å². The van der Waals surface area contributed by atoms with Gasteiger partial charge in [-0.15, -0.1) is 0 Å². The number of benzene rings is 2. The van der Waals surface area contributed by atoms with Gasteiger partial charge in [-0.3, -0.25) is 4.79 Å². The van der Waals surface area contributed by atoms with Gasteiger partial charge in [0.15, 0.2) is 28.4 Å². The summed E-state index contributed by atoms with van der Waals surface area (Å²) < 4.78 is 74.3. The van der Waals surface area contributed by atoms with Gasteiger partial charge in [0.25, 0.3) is 0 Å². The normalized spacial score (nSPS) is 16.4. The fourth-order valence-corrected chi connectivity index (χ4v) is 4.62. The number of hydrogen-bond acceptors (Lipinski definition) is 5. The van der Waals surface area contributed by atoms with Crippen molar-refractivity contribution in [2.24, 2.45) is 5.92 Å². The van der Waals surface area contributed by atoms with Gasteiger partial charge in [0.2, 0.25) is 11.7 Å². The van der Waals surface area contributed by atoms with E-state index in [4.69, 9.17) is 4.74 Å². The van der Waals surface area contributed by atoms with E-state index in [1.807, 2.05) is 35.3 Å². The monoisotopic (exact) mass is 471 g/mol. The number of nitrogens with zero attached hydrogens (tertiary/aromatic N) is 2. The molecule has 0 aliphatic carbocycles. The van der Waals surface area contributed by atoms with Gasteiger partial charge in [-0.2, -0.15) is 0 Å². The van der Waals surface area contributed by atoms with Crippen molar-refractivity contribution >= 4 is 38.3 Å². The van der Waals surface area contributed by atoms with Crippen LogP contribution in [0.4, 0.5) is 32.8 Å². The number of amides is 1. The number of hydrogen-bond donors (Lipinski definition) is 1. The number of carbonyl (C=O) groups excluding carboxylic acids is 1. The molecular formula is C21H18F5N3O2S. The second-order valence-electron chi connectivity index (χ2n) is 7.28. The van der Waals surface area contributed by atoms with E-state index in [0.717, 1.165) is 10.2 Å². The van der Waals surface area contributed by atoms with E-state index in [9.17, 15) is 26.7 Å². The number of aromatic nitrogens is 1. The Morgan fingerprint density at radius 3 is 2.53 bits per heavy atom. The highest BCUT2D eigenvalue weighted by Gasteiger charge is 2.31. The molecule has 1 atom stereocenters. The minimum absolute atomic E-state index is 0.194. The van der Waals surface area contributed by atoms with Crippen molar-refractivity contribution in [3.8, 4) is 5.75 Å². The Morgan fingerprint density at radius 2 is 1.84 bits per heavy atom. The third kappa shape index (κ3) is 4.08. The summed E-state index contributed by atoms with van der Waals surface area (Å²) in [7, 11) is 0. The topological polar surface area (TPSA) is 54.5 Å². The first kappa shape index (κ1) is 22.3. The van der Waals surface area contributed by atoms with Crippen LogP contribution in [0, 0.1) is 35.0 Å². The van der Waals surface area contributed by atoms with Crippen molar-refractivity contribution in [3.05, 3.63) is 47.3 Å². The van der Waals surface area contributed by atoms with Crippen LogP contribution in [0.2, 0.25) is 0 Å². The number of rotatable bonds is 5. The molecule has 1 unspecified atom stereocenters. The first-order valence-corrected chi connectivity index (χ1v) is 10.7. The molecule has 1 amide bonds. The minimum atomic E-state index is -2.27. The summed E-state index contributed by atoms with van der Waals surface area (Å²) in [5.74, 6) is -11.4. The Hall–Kier alpha value is -2.95. The molecule has 3 aromatic rings. The molecule has 11 heteroatoms. The van der Waals surface area contributed by atoms with Gasteiger partial charge in [-0.1, -0.05) is 11.3 Å². The summed E-state index contributed by atoms with van der Waals surface area (Å²) in [5.41, 5.74) is -0.576. The zero-order valence-electron chi connectivity index (χ0n) is 16.9. The number of piperidine rings is 1. The average Bonchev–Trinajstić information content (AvgIpc) is 3.23. The molecule has 1 N–H and O–H groups in total. The van der Waals surface area contributed by atoms with Crippen molar-refractivity contribution in [2.45, 2.75) is 19.8 Å². The van der Waals surface area contributed by atoms with Crippen LogP contribution in [-0.2, 0) is 4.79 Å². The molecule has 0 bridgehead atoms. The number of thiazole rings is 1. The molecule has 1 fully saturated rings. The van der Waals surface area contributed by atoms with Crippen LogP contribution in [0.1, 0.15) is 19.8 Å². The molecule has 1 aliphatic heterocycles.